The van der Waals surface area contributed by atoms with Crippen LogP contribution in [-0.2, 0) is 11.3 Å². The summed E-state index contributed by atoms with van der Waals surface area (Å²) in [5.41, 5.74) is 7.56. The van der Waals surface area contributed by atoms with Crippen molar-refractivity contribution in [3.05, 3.63) is 5.69 Å². The molecule has 98 valence electrons. The minimum Gasteiger partial charge on any atom is -0.394 e. The summed E-state index contributed by atoms with van der Waals surface area (Å²) in [4.78, 5) is 0. The molecule has 1 aromatic heterocycles. The van der Waals surface area contributed by atoms with Gasteiger partial charge in [0.05, 0.1) is 18.0 Å². The van der Waals surface area contributed by atoms with E-state index < -0.39 is 0 Å². The molecule has 0 aliphatic carbocycles. The lowest BCUT2D eigenvalue weighted by Gasteiger charge is -2.10. The van der Waals surface area contributed by atoms with Gasteiger partial charge in [0.15, 0.2) is 0 Å². The molecule has 0 atom stereocenters. The van der Waals surface area contributed by atoms with Crippen LogP contribution in [-0.4, -0.2) is 29.5 Å². The lowest BCUT2D eigenvalue weighted by Crippen LogP contribution is -2.15. The first-order chi connectivity index (χ1) is 8.06. The Bertz CT molecular complexity index is 347. The van der Waals surface area contributed by atoms with Crippen LogP contribution in [0.4, 0.5) is 11.5 Å². The van der Waals surface area contributed by atoms with Gasteiger partial charge in [-0.25, -0.2) is 4.68 Å². The lowest BCUT2D eigenvalue weighted by molar-refractivity contribution is 0.118. The van der Waals surface area contributed by atoms with Crippen molar-refractivity contribution < 1.29 is 4.74 Å². The number of nitrogen functional groups attached to an aromatic ring is 1. The Morgan fingerprint density at radius 1 is 1.47 bits per heavy atom. The SMILES string of the molecule is CCn1nc(C)c(N)c1NCCOCC(C)C. The first kappa shape index (κ1) is 13.8. The van der Waals surface area contributed by atoms with E-state index >= 15 is 0 Å². The van der Waals surface area contributed by atoms with Crippen LogP contribution < -0.4 is 11.1 Å². The van der Waals surface area contributed by atoms with E-state index in [9.17, 15) is 0 Å². The van der Waals surface area contributed by atoms with Crippen molar-refractivity contribution in [2.75, 3.05) is 30.8 Å². The summed E-state index contributed by atoms with van der Waals surface area (Å²) < 4.78 is 7.39. The van der Waals surface area contributed by atoms with Gasteiger partial charge >= 0.3 is 0 Å². The smallest absolute Gasteiger partial charge is 0.148 e. The van der Waals surface area contributed by atoms with Gasteiger partial charge in [0.1, 0.15) is 5.82 Å². The van der Waals surface area contributed by atoms with Crippen LogP contribution in [0.3, 0.4) is 0 Å². The molecule has 1 rings (SSSR count). The molecule has 0 saturated heterocycles. The molecule has 1 heterocycles. The zero-order chi connectivity index (χ0) is 12.8. The zero-order valence-electron chi connectivity index (χ0n) is 11.3. The van der Waals surface area contributed by atoms with Gasteiger partial charge in [0, 0.05) is 19.7 Å². The highest BCUT2D eigenvalue weighted by Crippen LogP contribution is 2.21. The van der Waals surface area contributed by atoms with Gasteiger partial charge in [0.2, 0.25) is 0 Å². The quantitative estimate of drug-likeness (QED) is 0.714. The van der Waals surface area contributed by atoms with E-state index in [0.29, 0.717) is 12.5 Å². The third kappa shape index (κ3) is 3.93. The Balaban J connectivity index is 2.41. The molecule has 0 radical (unpaired) electrons. The molecule has 17 heavy (non-hydrogen) atoms. The van der Waals surface area contributed by atoms with E-state index in [4.69, 9.17) is 10.5 Å². The van der Waals surface area contributed by atoms with Crippen LogP contribution in [0.1, 0.15) is 26.5 Å². The Morgan fingerprint density at radius 3 is 2.76 bits per heavy atom. The van der Waals surface area contributed by atoms with Crippen molar-refractivity contribution in [1.29, 1.82) is 0 Å². The van der Waals surface area contributed by atoms with Crippen molar-refractivity contribution in [3.8, 4) is 0 Å². The summed E-state index contributed by atoms with van der Waals surface area (Å²) in [6.07, 6.45) is 0. The first-order valence-corrected chi connectivity index (χ1v) is 6.20. The molecular formula is C12H24N4O. The minimum absolute atomic E-state index is 0.573. The number of ether oxygens (including phenoxy) is 1. The highest BCUT2D eigenvalue weighted by atomic mass is 16.5. The molecule has 0 aliphatic heterocycles. The van der Waals surface area contributed by atoms with Crippen molar-refractivity contribution in [2.45, 2.75) is 34.2 Å². The molecule has 5 heteroatoms. The Kier molecular flexibility index (Phi) is 5.28. The maximum atomic E-state index is 5.96. The number of anilines is 2. The molecule has 0 spiro atoms. The first-order valence-electron chi connectivity index (χ1n) is 6.20. The number of aryl methyl sites for hydroxylation is 2. The average Bonchev–Trinajstić information content (AvgIpc) is 2.55. The summed E-state index contributed by atoms with van der Waals surface area (Å²) in [6.45, 7) is 11.3. The van der Waals surface area contributed by atoms with Crippen LogP contribution in [0, 0.1) is 12.8 Å². The molecule has 0 unspecified atom stereocenters. The van der Waals surface area contributed by atoms with Crippen LogP contribution in [0.25, 0.3) is 0 Å². The van der Waals surface area contributed by atoms with Crippen LogP contribution in [0.2, 0.25) is 0 Å². The van der Waals surface area contributed by atoms with Crippen molar-refractivity contribution >= 4 is 11.5 Å². The number of nitrogens with zero attached hydrogens (tertiary/aromatic N) is 2. The van der Waals surface area contributed by atoms with Gasteiger partial charge in [-0.05, 0) is 19.8 Å². The molecule has 0 aliphatic rings. The molecule has 3 N–H and O–H groups in total. The molecule has 0 amide bonds. The topological polar surface area (TPSA) is 65.1 Å². The summed E-state index contributed by atoms with van der Waals surface area (Å²) in [6, 6.07) is 0. The van der Waals surface area contributed by atoms with E-state index in [1.807, 2.05) is 18.5 Å². The van der Waals surface area contributed by atoms with Crippen molar-refractivity contribution in [1.82, 2.24) is 9.78 Å². The van der Waals surface area contributed by atoms with Crippen molar-refractivity contribution in [2.24, 2.45) is 5.92 Å². The fourth-order valence-corrected chi connectivity index (χ4v) is 1.57. The average molecular weight is 240 g/mol. The maximum absolute atomic E-state index is 5.96. The van der Waals surface area contributed by atoms with E-state index in [-0.39, 0.29) is 0 Å². The van der Waals surface area contributed by atoms with Crippen LogP contribution >= 0.6 is 0 Å². The molecule has 0 aromatic carbocycles. The zero-order valence-corrected chi connectivity index (χ0v) is 11.3. The second kappa shape index (κ2) is 6.49. The van der Waals surface area contributed by atoms with Crippen LogP contribution in [0.15, 0.2) is 0 Å². The van der Waals surface area contributed by atoms with E-state index in [1.54, 1.807) is 0 Å². The molecular weight excluding hydrogens is 216 g/mol. The molecule has 1 aromatic rings. The predicted octanol–water partition coefficient (Wildman–Crippen LogP) is 1.88. The van der Waals surface area contributed by atoms with E-state index in [0.717, 1.165) is 36.9 Å². The van der Waals surface area contributed by atoms with Crippen molar-refractivity contribution in [3.63, 3.8) is 0 Å². The summed E-state index contributed by atoms with van der Waals surface area (Å²) in [7, 11) is 0. The fraction of sp³-hybridized carbons (Fsp3) is 0.750. The standard InChI is InChI=1S/C12H24N4O/c1-5-16-12(11(13)10(4)15-16)14-6-7-17-8-9(2)3/h9,14H,5-8,13H2,1-4H3. The van der Waals surface area contributed by atoms with Gasteiger partial charge in [-0.15, -0.1) is 0 Å². The predicted molar refractivity (Wildman–Crippen MR) is 71.2 cm³/mol. The van der Waals surface area contributed by atoms with Gasteiger partial charge < -0.3 is 15.8 Å². The molecule has 0 bridgehead atoms. The van der Waals surface area contributed by atoms with Gasteiger partial charge in [-0.1, -0.05) is 13.8 Å². The highest BCUT2D eigenvalue weighted by Gasteiger charge is 2.10. The Morgan fingerprint density at radius 2 is 2.18 bits per heavy atom. The number of hydrogen-bond acceptors (Lipinski definition) is 4. The maximum Gasteiger partial charge on any atom is 0.148 e. The Labute approximate surface area is 103 Å². The fourth-order valence-electron chi connectivity index (χ4n) is 1.57. The number of nitrogens with one attached hydrogen (secondary N) is 1. The molecule has 0 saturated carbocycles. The monoisotopic (exact) mass is 240 g/mol. The van der Waals surface area contributed by atoms with E-state index in [1.165, 1.54) is 0 Å². The minimum atomic E-state index is 0.573. The normalized spacial score (nSPS) is 11.1. The van der Waals surface area contributed by atoms with Gasteiger partial charge in [-0.3, -0.25) is 0 Å². The largest absolute Gasteiger partial charge is 0.394 e. The lowest BCUT2D eigenvalue weighted by atomic mass is 10.2. The summed E-state index contributed by atoms with van der Waals surface area (Å²) in [5, 5.41) is 7.62. The number of nitrogens with two attached hydrogens (primary N) is 1. The third-order valence-electron chi connectivity index (χ3n) is 2.46. The number of rotatable bonds is 7. The Hall–Kier alpha value is -1.23. The van der Waals surface area contributed by atoms with Crippen LogP contribution in [0.5, 0.6) is 0 Å². The summed E-state index contributed by atoms with van der Waals surface area (Å²) >= 11 is 0. The second-order valence-electron chi connectivity index (χ2n) is 4.56. The third-order valence-corrected chi connectivity index (χ3v) is 2.46. The molecule has 0 fully saturated rings. The molecule has 5 nitrogen and oxygen atoms in total. The van der Waals surface area contributed by atoms with Gasteiger partial charge in [-0.2, -0.15) is 5.10 Å². The summed E-state index contributed by atoms with van der Waals surface area (Å²) in [5.74, 6) is 1.47. The van der Waals surface area contributed by atoms with E-state index in [2.05, 4.69) is 24.3 Å². The second-order valence-corrected chi connectivity index (χ2v) is 4.56. The number of aromatic nitrogens is 2. The van der Waals surface area contributed by atoms with Gasteiger partial charge in [0.25, 0.3) is 0 Å². The highest BCUT2D eigenvalue weighted by molar-refractivity contribution is 5.64. The number of hydrogen-bond donors (Lipinski definition) is 2.